The Kier molecular flexibility index (Phi) is 3.27. The summed E-state index contributed by atoms with van der Waals surface area (Å²) in [6.45, 7) is 2.63. The van der Waals surface area contributed by atoms with Crippen molar-refractivity contribution in [3.05, 3.63) is 41.3 Å². The highest BCUT2D eigenvalue weighted by Crippen LogP contribution is 2.22. The Morgan fingerprint density at radius 1 is 1.50 bits per heavy atom. The van der Waals surface area contributed by atoms with Gasteiger partial charge in [0, 0.05) is 23.0 Å². The van der Waals surface area contributed by atoms with Crippen LogP contribution in [0.2, 0.25) is 5.02 Å². The van der Waals surface area contributed by atoms with E-state index in [0.717, 1.165) is 22.1 Å². The molecule has 16 heavy (non-hydrogen) atoms. The maximum atomic E-state index is 5.94. The first-order chi connectivity index (χ1) is 7.70. The topological polar surface area (TPSA) is 54.7 Å². The van der Waals surface area contributed by atoms with Gasteiger partial charge in [-0.2, -0.15) is 0 Å². The minimum absolute atomic E-state index is 0.243. The Morgan fingerprint density at radius 2 is 2.31 bits per heavy atom. The second-order valence-corrected chi connectivity index (χ2v) is 4.27. The molecule has 1 aromatic heterocycles. The molecule has 0 aliphatic carbocycles. The quantitative estimate of drug-likeness (QED) is 0.860. The van der Waals surface area contributed by atoms with Crippen molar-refractivity contribution in [1.82, 2.24) is 9.97 Å². The molecule has 0 spiro atoms. The summed E-state index contributed by atoms with van der Waals surface area (Å²) in [6.07, 6.45) is 1.81. The van der Waals surface area contributed by atoms with Crippen LogP contribution < -0.4 is 5.73 Å². The van der Waals surface area contributed by atoms with Crippen LogP contribution in [0.1, 0.15) is 18.7 Å². The molecular formula is C12H14ClN3. The molecule has 3 N–H and O–H groups in total. The van der Waals surface area contributed by atoms with Gasteiger partial charge in [-0.25, -0.2) is 4.98 Å². The molecule has 3 nitrogen and oxygen atoms in total. The number of halogens is 1. The molecule has 0 bridgehead atoms. The molecule has 1 heterocycles. The molecule has 1 atom stereocenters. The summed E-state index contributed by atoms with van der Waals surface area (Å²) in [7, 11) is 0. The van der Waals surface area contributed by atoms with Crippen LogP contribution in [-0.4, -0.2) is 16.5 Å². The Morgan fingerprint density at radius 3 is 3.00 bits per heavy atom. The van der Waals surface area contributed by atoms with Gasteiger partial charge in [-0.3, -0.25) is 0 Å². The molecule has 84 valence electrons. The summed E-state index contributed by atoms with van der Waals surface area (Å²) >= 11 is 5.94. The number of nitrogens with two attached hydrogens (primary N) is 1. The molecule has 1 aromatic carbocycles. The fourth-order valence-electron chi connectivity index (χ4n) is 1.50. The summed E-state index contributed by atoms with van der Waals surface area (Å²) < 4.78 is 0. The summed E-state index contributed by atoms with van der Waals surface area (Å²) in [6, 6.07) is 7.68. The number of hydrogen-bond acceptors (Lipinski definition) is 2. The van der Waals surface area contributed by atoms with E-state index in [0.29, 0.717) is 6.54 Å². The van der Waals surface area contributed by atoms with Gasteiger partial charge in [0.25, 0.3) is 0 Å². The van der Waals surface area contributed by atoms with E-state index >= 15 is 0 Å². The van der Waals surface area contributed by atoms with Gasteiger partial charge in [0.15, 0.2) is 0 Å². The Labute approximate surface area is 99.7 Å². The molecule has 0 saturated heterocycles. The van der Waals surface area contributed by atoms with Gasteiger partial charge in [-0.15, -0.1) is 0 Å². The predicted octanol–water partition coefficient (Wildman–Crippen LogP) is 2.79. The lowest BCUT2D eigenvalue weighted by atomic mass is 10.1. The van der Waals surface area contributed by atoms with Crippen LogP contribution in [0.3, 0.4) is 0 Å². The van der Waals surface area contributed by atoms with Crippen LogP contribution in [0.15, 0.2) is 30.5 Å². The van der Waals surface area contributed by atoms with Crippen molar-refractivity contribution in [1.29, 1.82) is 0 Å². The number of imidazole rings is 1. The highest BCUT2D eigenvalue weighted by molar-refractivity contribution is 6.30. The van der Waals surface area contributed by atoms with Gasteiger partial charge >= 0.3 is 0 Å². The number of hydrogen-bond donors (Lipinski definition) is 2. The van der Waals surface area contributed by atoms with Crippen LogP contribution in [0.25, 0.3) is 11.3 Å². The first-order valence-electron chi connectivity index (χ1n) is 5.21. The fourth-order valence-corrected chi connectivity index (χ4v) is 1.69. The summed E-state index contributed by atoms with van der Waals surface area (Å²) in [5, 5.41) is 0.723. The number of benzene rings is 1. The third kappa shape index (κ3) is 2.26. The molecule has 0 saturated carbocycles. The molecular weight excluding hydrogens is 222 g/mol. The van der Waals surface area contributed by atoms with Gasteiger partial charge < -0.3 is 10.7 Å². The van der Waals surface area contributed by atoms with E-state index in [1.165, 1.54) is 0 Å². The van der Waals surface area contributed by atoms with E-state index in [1.807, 2.05) is 37.4 Å². The van der Waals surface area contributed by atoms with E-state index in [1.54, 1.807) is 0 Å². The Bertz CT molecular complexity index is 479. The number of nitrogens with zero attached hydrogens (tertiary/aromatic N) is 1. The molecule has 0 fully saturated rings. The van der Waals surface area contributed by atoms with Crippen LogP contribution >= 0.6 is 11.6 Å². The zero-order chi connectivity index (χ0) is 11.5. The van der Waals surface area contributed by atoms with Crippen molar-refractivity contribution < 1.29 is 0 Å². The molecule has 0 radical (unpaired) electrons. The molecule has 0 aliphatic heterocycles. The minimum Gasteiger partial charge on any atom is -0.342 e. The molecule has 2 aromatic rings. The number of nitrogens with one attached hydrogen (secondary N) is 1. The molecule has 4 heteroatoms. The zero-order valence-corrected chi connectivity index (χ0v) is 9.83. The smallest absolute Gasteiger partial charge is 0.110 e. The van der Waals surface area contributed by atoms with E-state index in [2.05, 4.69) is 9.97 Å². The molecule has 2 rings (SSSR count). The average Bonchev–Trinajstić information content (AvgIpc) is 2.77. The summed E-state index contributed by atoms with van der Waals surface area (Å²) in [5.74, 6) is 1.16. The first-order valence-corrected chi connectivity index (χ1v) is 5.59. The maximum absolute atomic E-state index is 5.94. The number of aromatic nitrogens is 2. The SMILES string of the molecule is CC(CN)c1ncc(-c2cccc(Cl)c2)[nH]1. The Balaban J connectivity index is 2.31. The zero-order valence-electron chi connectivity index (χ0n) is 9.07. The number of H-pyrrole nitrogens is 1. The van der Waals surface area contributed by atoms with Crippen molar-refractivity contribution in [3.63, 3.8) is 0 Å². The van der Waals surface area contributed by atoms with Crippen LogP contribution in [-0.2, 0) is 0 Å². The van der Waals surface area contributed by atoms with Crippen molar-refractivity contribution in [2.24, 2.45) is 5.73 Å². The highest BCUT2D eigenvalue weighted by atomic mass is 35.5. The predicted molar refractivity (Wildman–Crippen MR) is 66.5 cm³/mol. The second-order valence-electron chi connectivity index (χ2n) is 3.83. The number of aromatic amines is 1. The van der Waals surface area contributed by atoms with E-state index < -0.39 is 0 Å². The highest BCUT2D eigenvalue weighted by Gasteiger charge is 2.08. The lowest BCUT2D eigenvalue weighted by molar-refractivity contribution is 0.725. The minimum atomic E-state index is 0.243. The first kappa shape index (κ1) is 11.2. The Hall–Kier alpha value is -1.32. The van der Waals surface area contributed by atoms with Gasteiger partial charge in [0.05, 0.1) is 11.9 Å². The monoisotopic (exact) mass is 235 g/mol. The van der Waals surface area contributed by atoms with Crippen LogP contribution in [0, 0.1) is 0 Å². The van der Waals surface area contributed by atoms with Gasteiger partial charge in [0.2, 0.25) is 0 Å². The maximum Gasteiger partial charge on any atom is 0.110 e. The van der Waals surface area contributed by atoms with Crippen molar-refractivity contribution >= 4 is 11.6 Å². The molecule has 0 aliphatic rings. The van der Waals surface area contributed by atoms with Gasteiger partial charge in [0.1, 0.15) is 5.82 Å². The molecule has 1 unspecified atom stereocenters. The standard InChI is InChI=1S/C12H14ClN3/c1-8(6-14)12-15-7-11(16-12)9-3-2-4-10(13)5-9/h2-5,7-8H,6,14H2,1H3,(H,15,16). The average molecular weight is 236 g/mol. The number of rotatable bonds is 3. The lowest BCUT2D eigenvalue weighted by Gasteiger charge is -2.03. The normalized spacial score (nSPS) is 12.7. The van der Waals surface area contributed by atoms with Crippen LogP contribution in [0.5, 0.6) is 0 Å². The van der Waals surface area contributed by atoms with E-state index in [9.17, 15) is 0 Å². The lowest BCUT2D eigenvalue weighted by Crippen LogP contribution is -2.10. The molecule has 0 amide bonds. The van der Waals surface area contributed by atoms with Gasteiger partial charge in [-0.1, -0.05) is 30.7 Å². The van der Waals surface area contributed by atoms with Crippen LogP contribution in [0.4, 0.5) is 0 Å². The van der Waals surface area contributed by atoms with Gasteiger partial charge in [-0.05, 0) is 12.1 Å². The van der Waals surface area contributed by atoms with Crippen molar-refractivity contribution in [3.8, 4) is 11.3 Å². The van der Waals surface area contributed by atoms with Crippen molar-refractivity contribution in [2.75, 3.05) is 6.54 Å². The van der Waals surface area contributed by atoms with Crippen molar-refractivity contribution in [2.45, 2.75) is 12.8 Å². The summed E-state index contributed by atoms with van der Waals surface area (Å²) in [4.78, 5) is 7.57. The third-order valence-corrected chi connectivity index (χ3v) is 2.79. The van der Waals surface area contributed by atoms with E-state index in [4.69, 9.17) is 17.3 Å². The largest absolute Gasteiger partial charge is 0.342 e. The fraction of sp³-hybridized carbons (Fsp3) is 0.250. The summed E-state index contributed by atoms with van der Waals surface area (Å²) in [5.41, 5.74) is 7.60. The third-order valence-electron chi connectivity index (χ3n) is 2.55. The second kappa shape index (κ2) is 4.68. The van der Waals surface area contributed by atoms with E-state index in [-0.39, 0.29) is 5.92 Å².